The van der Waals surface area contributed by atoms with Crippen LogP contribution in [0.15, 0.2) is 59.9 Å². The minimum Gasteiger partial charge on any atom is -0.361 e. The second-order valence-corrected chi connectivity index (χ2v) is 8.97. The number of rotatable bonds is 9. The average Bonchev–Trinajstić information content (AvgIpc) is 3.46. The number of nitrogens with one attached hydrogen (secondary N) is 2. The Kier molecular flexibility index (Phi) is 6.26. The van der Waals surface area contributed by atoms with E-state index in [1.807, 2.05) is 30.3 Å². The number of aromatic nitrogens is 5. The highest BCUT2D eigenvalue weighted by molar-refractivity contribution is 7.99. The van der Waals surface area contributed by atoms with E-state index in [-0.39, 0.29) is 5.91 Å². The van der Waals surface area contributed by atoms with Gasteiger partial charge in [-0.25, -0.2) is 9.97 Å². The summed E-state index contributed by atoms with van der Waals surface area (Å²) < 4.78 is 1.79. The quantitative estimate of drug-likeness (QED) is 0.192. The number of para-hydroxylation sites is 2. The summed E-state index contributed by atoms with van der Waals surface area (Å²) in [7, 11) is 0. The molecule has 0 saturated heterocycles. The summed E-state index contributed by atoms with van der Waals surface area (Å²) in [5, 5.41) is 10.6. The molecule has 0 aliphatic heterocycles. The SMILES string of the molecule is CCCCNC(=O)CSc1nc2ccccc2c2nc(CCc3c[nH]c4ccccc34)nn12. The van der Waals surface area contributed by atoms with Gasteiger partial charge in [0.2, 0.25) is 5.91 Å². The lowest BCUT2D eigenvalue weighted by molar-refractivity contribution is -0.118. The van der Waals surface area contributed by atoms with Crippen molar-refractivity contribution in [2.24, 2.45) is 0 Å². The lowest BCUT2D eigenvalue weighted by atomic mass is 10.1. The van der Waals surface area contributed by atoms with Gasteiger partial charge in [-0.2, -0.15) is 4.52 Å². The van der Waals surface area contributed by atoms with Crippen LogP contribution in [-0.4, -0.2) is 42.8 Å². The molecule has 5 rings (SSSR count). The molecule has 0 atom stereocenters. The van der Waals surface area contributed by atoms with Gasteiger partial charge in [0.1, 0.15) is 0 Å². The first-order valence-corrected chi connectivity index (χ1v) is 12.3. The molecule has 3 heterocycles. The predicted molar refractivity (Wildman–Crippen MR) is 133 cm³/mol. The van der Waals surface area contributed by atoms with Gasteiger partial charge in [-0.3, -0.25) is 4.79 Å². The Morgan fingerprint density at radius 1 is 1.06 bits per heavy atom. The molecule has 0 bridgehead atoms. The van der Waals surface area contributed by atoms with Crippen molar-refractivity contribution in [2.75, 3.05) is 12.3 Å². The van der Waals surface area contributed by atoms with Crippen LogP contribution >= 0.6 is 11.8 Å². The average molecular weight is 459 g/mol. The van der Waals surface area contributed by atoms with Gasteiger partial charge >= 0.3 is 0 Å². The maximum Gasteiger partial charge on any atom is 0.230 e. The standard InChI is InChI=1S/C25H26N6OS/c1-2-3-14-26-23(32)16-33-25-28-21-11-7-5-9-19(21)24-29-22(30-31(24)25)13-12-17-15-27-20-10-6-4-8-18(17)20/h4-11,15,27H,2-3,12-14,16H2,1H3,(H,26,32). The van der Waals surface area contributed by atoms with E-state index < -0.39 is 0 Å². The maximum atomic E-state index is 12.2. The van der Waals surface area contributed by atoms with E-state index in [0.717, 1.165) is 53.6 Å². The molecule has 5 aromatic rings. The van der Waals surface area contributed by atoms with Gasteiger partial charge < -0.3 is 10.3 Å². The summed E-state index contributed by atoms with van der Waals surface area (Å²) >= 11 is 1.39. The van der Waals surface area contributed by atoms with Crippen molar-refractivity contribution in [2.45, 2.75) is 37.8 Å². The van der Waals surface area contributed by atoms with E-state index in [9.17, 15) is 4.79 Å². The normalized spacial score (nSPS) is 11.5. The van der Waals surface area contributed by atoms with Gasteiger partial charge in [0.05, 0.1) is 11.3 Å². The van der Waals surface area contributed by atoms with E-state index in [1.54, 1.807) is 4.52 Å². The molecular weight excluding hydrogens is 432 g/mol. The molecule has 2 N–H and O–H groups in total. The summed E-state index contributed by atoms with van der Waals surface area (Å²) in [6.45, 7) is 2.81. The summed E-state index contributed by atoms with van der Waals surface area (Å²) in [6, 6.07) is 16.3. The van der Waals surface area contributed by atoms with Gasteiger partial charge in [0.25, 0.3) is 0 Å². The number of carbonyl (C=O) groups excluding carboxylic acids is 1. The number of thioether (sulfide) groups is 1. The van der Waals surface area contributed by atoms with E-state index in [2.05, 4.69) is 41.6 Å². The highest BCUT2D eigenvalue weighted by Crippen LogP contribution is 2.25. The minimum absolute atomic E-state index is 0.0104. The number of amides is 1. The maximum absolute atomic E-state index is 12.2. The van der Waals surface area contributed by atoms with Crippen LogP contribution in [0.3, 0.4) is 0 Å². The molecule has 3 aromatic heterocycles. The lowest BCUT2D eigenvalue weighted by Gasteiger charge is -2.06. The van der Waals surface area contributed by atoms with Gasteiger partial charge in [-0.1, -0.05) is 55.4 Å². The molecule has 2 aromatic carbocycles. The number of carbonyl (C=O) groups is 1. The molecule has 1 amide bonds. The smallest absolute Gasteiger partial charge is 0.230 e. The van der Waals surface area contributed by atoms with Crippen molar-refractivity contribution in [3.63, 3.8) is 0 Å². The van der Waals surface area contributed by atoms with Crippen LogP contribution in [0.25, 0.3) is 27.5 Å². The fourth-order valence-electron chi connectivity index (χ4n) is 3.94. The third-order valence-corrected chi connectivity index (χ3v) is 6.60. The van der Waals surface area contributed by atoms with Crippen LogP contribution in [0.5, 0.6) is 0 Å². The molecule has 0 saturated carbocycles. The summed E-state index contributed by atoms with van der Waals surface area (Å²) in [5.74, 6) is 1.08. The Morgan fingerprint density at radius 3 is 2.76 bits per heavy atom. The largest absolute Gasteiger partial charge is 0.361 e. The Balaban J connectivity index is 1.41. The Morgan fingerprint density at radius 2 is 1.88 bits per heavy atom. The van der Waals surface area contributed by atoms with Crippen molar-refractivity contribution in [3.8, 4) is 0 Å². The van der Waals surface area contributed by atoms with Crippen molar-refractivity contribution < 1.29 is 4.79 Å². The van der Waals surface area contributed by atoms with E-state index in [1.165, 1.54) is 22.7 Å². The molecule has 168 valence electrons. The minimum atomic E-state index is 0.0104. The fourth-order valence-corrected chi connectivity index (χ4v) is 4.72. The number of aromatic amines is 1. The zero-order valence-electron chi connectivity index (χ0n) is 18.5. The first-order chi connectivity index (χ1) is 16.2. The van der Waals surface area contributed by atoms with Gasteiger partial charge in [-0.05, 0) is 36.6 Å². The van der Waals surface area contributed by atoms with E-state index >= 15 is 0 Å². The van der Waals surface area contributed by atoms with E-state index in [0.29, 0.717) is 17.5 Å². The number of aryl methyl sites for hydroxylation is 2. The molecule has 0 fully saturated rings. The molecule has 0 aliphatic carbocycles. The van der Waals surface area contributed by atoms with Crippen LogP contribution < -0.4 is 5.32 Å². The van der Waals surface area contributed by atoms with Gasteiger partial charge in [0, 0.05) is 35.5 Å². The molecular formula is C25H26N6OS. The topological polar surface area (TPSA) is 88.0 Å². The summed E-state index contributed by atoms with van der Waals surface area (Å²) in [5.41, 5.74) is 4.03. The monoisotopic (exact) mass is 458 g/mol. The number of hydrogen-bond acceptors (Lipinski definition) is 5. The van der Waals surface area contributed by atoms with Gasteiger partial charge in [-0.15, -0.1) is 5.10 Å². The number of H-pyrrole nitrogens is 1. The van der Waals surface area contributed by atoms with Crippen LogP contribution in [0.4, 0.5) is 0 Å². The second-order valence-electron chi connectivity index (χ2n) is 8.03. The van der Waals surface area contributed by atoms with Crippen LogP contribution in [-0.2, 0) is 17.6 Å². The number of unbranched alkanes of at least 4 members (excludes halogenated alkanes) is 1. The lowest BCUT2D eigenvalue weighted by Crippen LogP contribution is -2.26. The summed E-state index contributed by atoms with van der Waals surface area (Å²) in [4.78, 5) is 25.2. The first-order valence-electron chi connectivity index (χ1n) is 11.3. The Bertz CT molecular complexity index is 1420. The molecule has 0 aliphatic rings. The molecule has 7 nitrogen and oxygen atoms in total. The first kappa shape index (κ1) is 21.5. The fraction of sp³-hybridized carbons (Fsp3) is 0.280. The highest BCUT2D eigenvalue weighted by Gasteiger charge is 2.15. The molecule has 0 unspecified atom stereocenters. The molecule has 33 heavy (non-hydrogen) atoms. The van der Waals surface area contributed by atoms with E-state index in [4.69, 9.17) is 15.1 Å². The Hall–Kier alpha value is -3.39. The number of hydrogen-bond donors (Lipinski definition) is 2. The van der Waals surface area contributed by atoms with Gasteiger partial charge in [0.15, 0.2) is 16.6 Å². The predicted octanol–water partition coefficient (Wildman–Crippen LogP) is 4.55. The number of benzene rings is 2. The summed E-state index contributed by atoms with van der Waals surface area (Å²) in [6.07, 6.45) is 5.67. The molecule has 0 radical (unpaired) electrons. The van der Waals surface area contributed by atoms with Crippen LogP contribution in [0.2, 0.25) is 0 Å². The van der Waals surface area contributed by atoms with Crippen LogP contribution in [0, 0.1) is 0 Å². The van der Waals surface area contributed by atoms with Crippen LogP contribution in [0.1, 0.15) is 31.2 Å². The number of fused-ring (bicyclic) bond motifs is 4. The highest BCUT2D eigenvalue weighted by atomic mass is 32.2. The van der Waals surface area contributed by atoms with Crippen molar-refractivity contribution >= 4 is 45.1 Å². The number of nitrogens with zero attached hydrogens (tertiary/aromatic N) is 4. The van der Waals surface area contributed by atoms with Crippen molar-refractivity contribution in [1.82, 2.24) is 29.9 Å². The molecule has 0 spiro atoms. The zero-order valence-corrected chi connectivity index (χ0v) is 19.4. The Labute approximate surface area is 196 Å². The third kappa shape index (κ3) is 4.57. The van der Waals surface area contributed by atoms with Crippen molar-refractivity contribution in [1.29, 1.82) is 0 Å². The zero-order chi connectivity index (χ0) is 22.6. The third-order valence-electron chi connectivity index (χ3n) is 5.67. The van der Waals surface area contributed by atoms with Crippen molar-refractivity contribution in [3.05, 3.63) is 66.1 Å². The second kappa shape index (κ2) is 9.62. The molecule has 8 heteroatoms.